The zero-order valence-electron chi connectivity index (χ0n) is 14.3. The lowest BCUT2D eigenvalue weighted by molar-refractivity contribution is -0.115. The van der Waals surface area contributed by atoms with Gasteiger partial charge < -0.3 is 5.32 Å². The maximum atomic E-state index is 13.7. The predicted molar refractivity (Wildman–Crippen MR) is 97.2 cm³/mol. The molecule has 3 rings (SSSR count). The minimum absolute atomic E-state index is 0.262. The first-order valence-electron chi connectivity index (χ1n) is 7.86. The van der Waals surface area contributed by atoms with Crippen LogP contribution in [0.4, 0.5) is 18.9 Å². The second-order valence-corrected chi connectivity index (χ2v) is 7.06. The average molecular weight is 393 g/mol. The molecular formula is C18H14F3N3O2S. The van der Waals surface area contributed by atoms with Gasteiger partial charge in [0.1, 0.15) is 0 Å². The summed E-state index contributed by atoms with van der Waals surface area (Å²) in [6.07, 6.45) is 0. The summed E-state index contributed by atoms with van der Waals surface area (Å²) in [5.41, 5.74) is -0.239. The van der Waals surface area contributed by atoms with Crippen LogP contribution in [0.5, 0.6) is 0 Å². The van der Waals surface area contributed by atoms with E-state index in [4.69, 9.17) is 0 Å². The van der Waals surface area contributed by atoms with E-state index in [2.05, 4.69) is 10.3 Å². The number of amides is 1. The Morgan fingerprint density at radius 3 is 2.59 bits per heavy atom. The van der Waals surface area contributed by atoms with Gasteiger partial charge in [-0.25, -0.2) is 18.2 Å². The first-order chi connectivity index (χ1) is 12.8. The summed E-state index contributed by atoms with van der Waals surface area (Å²) in [4.78, 5) is 29.1. The van der Waals surface area contributed by atoms with Crippen molar-refractivity contribution in [2.24, 2.45) is 7.05 Å². The minimum atomic E-state index is -1.66. The van der Waals surface area contributed by atoms with E-state index in [9.17, 15) is 22.8 Å². The highest BCUT2D eigenvalue weighted by molar-refractivity contribution is 8.00. The Kier molecular flexibility index (Phi) is 5.22. The summed E-state index contributed by atoms with van der Waals surface area (Å²) in [7, 11) is 1.53. The topological polar surface area (TPSA) is 64.0 Å². The number of para-hydroxylation sites is 1. The van der Waals surface area contributed by atoms with Gasteiger partial charge >= 0.3 is 0 Å². The van der Waals surface area contributed by atoms with Crippen LogP contribution in [0, 0.1) is 17.5 Å². The van der Waals surface area contributed by atoms with Crippen molar-refractivity contribution in [1.82, 2.24) is 9.55 Å². The lowest BCUT2D eigenvalue weighted by Gasteiger charge is -2.14. The molecule has 0 bridgehead atoms. The second kappa shape index (κ2) is 7.43. The van der Waals surface area contributed by atoms with Crippen molar-refractivity contribution >= 4 is 34.3 Å². The number of carbonyl (C=O) groups is 1. The Morgan fingerprint density at radius 1 is 1.15 bits per heavy atom. The molecule has 1 aromatic heterocycles. The average Bonchev–Trinajstić information content (AvgIpc) is 2.66. The van der Waals surface area contributed by atoms with Gasteiger partial charge in [0.25, 0.3) is 5.56 Å². The molecule has 0 aliphatic rings. The van der Waals surface area contributed by atoms with E-state index in [0.29, 0.717) is 16.1 Å². The van der Waals surface area contributed by atoms with Gasteiger partial charge in [0.2, 0.25) is 5.91 Å². The molecule has 0 saturated heterocycles. The number of hydrogen-bond acceptors (Lipinski definition) is 4. The number of nitrogens with zero attached hydrogens (tertiary/aromatic N) is 2. The van der Waals surface area contributed by atoms with E-state index >= 15 is 0 Å². The highest BCUT2D eigenvalue weighted by Gasteiger charge is 2.21. The van der Waals surface area contributed by atoms with Gasteiger partial charge in [-0.05, 0) is 31.2 Å². The number of aromatic nitrogens is 2. The van der Waals surface area contributed by atoms with Gasteiger partial charge in [-0.3, -0.25) is 14.2 Å². The molecule has 2 aromatic carbocycles. The van der Waals surface area contributed by atoms with Gasteiger partial charge in [-0.1, -0.05) is 23.9 Å². The third-order valence-corrected chi connectivity index (χ3v) is 5.03. The summed E-state index contributed by atoms with van der Waals surface area (Å²) in [5, 5.41) is 2.18. The number of carbonyl (C=O) groups excluding carboxylic acids is 1. The van der Waals surface area contributed by atoms with Crippen LogP contribution < -0.4 is 10.9 Å². The lowest BCUT2D eigenvalue weighted by atomic mass is 10.2. The van der Waals surface area contributed by atoms with Crippen molar-refractivity contribution in [3.63, 3.8) is 0 Å². The van der Waals surface area contributed by atoms with Crippen molar-refractivity contribution in [2.75, 3.05) is 5.32 Å². The van der Waals surface area contributed by atoms with Crippen molar-refractivity contribution in [1.29, 1.82) is 0 Å². The number of fused-ring (bicyclic) bond motifs is 1. The standard InChI is InChI=1S/C18H14F3N3O2S/c1-9(16(25)22-13-8-7-11(19)14(20)15(13)21)27-18-23-12-6-4-3-5-10(12)17(26)24(18)2/h3-9H,1-2H3,(H,22,25). The zero-order valence-corrected chi connectivity index (χ0v) is 15.1. The highest BCUT2D eigenvalue weighted by atomic mass is 32.2. The summed E-state index contributed by atoms with van der Waals surface area (Å²) < 4.78 is 41.3. The molecule has 0 fully saturated rings. The largest absolute Gasteiger partial charge is 0.323 e. The molecule has 1 atom stereocenters. The number of anilines is 1. The second-order valence-electron chi connectivity index (χ2n) is 5.75. The number of thioether (sulfide) groups is 1. The first-order valence-corrected chi connectivity index (χ1v) is 8.74. The van der Waals surface area contributed by atoms with E-state index in [1.807, 2.05) is 0 Å². The van der Waals surface area contributed by atoms with Crippen LogP contribution in [0.3, 0.4) is 0 Å². The number of nitrogens with one attached hydrogen (secondary N) is 1. The normalized spacial score (nSPS) is 12.2. The molecule has 27 heavy (non-hydrogen) atoms. The molecule has 0 spiro atoms. The zero-order chi connectivity index (χ0) is 19.7. The van der Waals surface area contributed by atoms with Crippen molar-refractivity contribution in [3.05, 3.63) is 64.2 Å². The van der Waals surface area contributed by atoms with E-state index in [1.165, 1.54) is 18.5 Å². The molecule has 140 valence electrons. The molecule has 0 aliphatic carbocycles. The van der Waals surface area contributed by atoms with Crippen molar-refractivity contribution in [2.45, 2.75) is 17.3 Å². The summed E-state index contributed by atoms with van der Waals surface area (Å²) in [5.74, 6) is -5.13. The third-order valence-electron chi connectivity index (χ3n) is 3.89. The van der Waals surface area contributed by atoms with Crippen molar-refractivity contribution in [3.8, 4) is 0 Å². The van der Waals surface area contributed by atoms with Crippen LogP contribution in [-0.2, 0) is 11.8 Å². The maximum Gasteiger partial charge on any atom is 0.261 e. The summed E-state index contributed by atoms with van der Waals surface area (Å²) in [6.45, 7) is 1.53. The molecule has 1 N–H and O–H groups in total. The van der Waals surface area contributed by atoms with Crippen LogP contribution in [0.15, 0.2) is 46.3 Å². The lowest BCUT2D eigenvalue weighted by Crippen LogP contribution is -2.26. The fourth-order valence-corrected chi connectivity index (χ4v) is 3.25. The minimum Gasteiger partial charge on any atom is -0.323 e. The summed E-state index contributed by atoms with van der Waals surface area (Å²) >= 11 is 0.989. The molecular weight excluding hydrogens is 379 g/mol. The molecule has 1 unspecified atom stereocenters. The van der Waals surface area contributed by atoms with Crippen LogP contribution >= 0.6 is 11.8 Å². The van der Waals surface area contributed by atoms with Gasteiger partial charge in [0.05, 0.1) is 21.8 Å². The Labute approximate surface area is 156 Å². The fraction of sp³-hybridized carbons (Fsp3) is 0.167. The molecule has 1 amide bonds. The number of hydrogen-bond donors (Lipinski definition) is 1. The van der Waals surface area contributed by atoms with Gasteiger partial charge in [-0.15, -0.1) is 0 Å². The smallest absolute Gasteiger partial charge is 0.261 e. The predicted octanol–water partition coefficient (Wildman–Crippen LogP) is 3.47. The van der Waals surface area contributed by atoms with Crippen LogP contribution in [-0.4, -0.2) is 20.7 Å². The molecule has 1 heterocycles. The summed E-state index contributed by atoms with van der Waals surface area (Å²) in [6, 6.07) is 8.46. The van der Waals surface area contributed by atoms with Gasteiger partial charge in [-0.2, -0.15) is 0 Å². The van der Waals surface area contributed by atoms with E-state index < -0.39 is 34.3 Å². The molecule has 5 nitrogen and oxygen atoms in total. The van der Waals surface area contributed by atoms with Crippen molar-refractivity contribution < 1.29 is 18.0 Å². The Hall–Kier alpha value is -2.81. The van der Waals surface area contributed by atoms with Gasteiger partial charge in [0.15, 0.2) is 22.6 Å². The number of benzene rings is 2. The van der Waals surface area contributed by atoms with Gasteiger partial charge in [0, 0.05) is 7.05 Å². The molecule has 3 aromatic rings. The maximum absolute atomic E-state index is 13.7. The quantitative estimate of drug-likeness (QED) is 0.419. The first kappa shape index (κ1) is 19.0. The molecule has 0 radical (unpaired) electrons. The Balaban J connectivity index is 1.83. The monoisotopic (exact) mass is 393 g/mol. The SMILES string of the molecule is CC(Sc1nc2ccccc2c(=O)n1C)C(=O)Nc1ccc(F)c(F)c1F. The molecule has 0 aliphatic heterocycles. The third kappa shape index (κ3) is 3.68. The molecule has 9 heteroatoms. The Morgan fingerprint density at radius 2 is 1.85 bits per heavy atom. The number of rotatable bonds is 4. The highest BCUT2D eigenvalue weighted by Crippen LogP contribution is 2.24. The van der Waals surface area contributed by atoms with Crippen LogP contribution in [0.1, 0.15) is 6.92 Å². The van der Waals surface area contributed by atoms with E-state index in [1.54, 1.807) is 24.3 Å². The van der Waals surface area contributed by atoms with E-state index in [0.717, 1.165) is 23.9 Å². The van der Waals surface area contributed by atoms with Crippen LogP contribution in [0.2, 0.25) is 0 Å². The Bertz CT molecular complexity index is 1100. The van der Waals surface area contributed by atoms with E-state index in [-0.39, 0.29) is 5.56 Å². The molecule has 0 saturated carbocycles. The number of halogens is 3. The van der Waals surface area contributed by atoms with Crippen LogP contribution in [0.25, 0.3) is 10.9 Å². The fourth-order valence-electron chi connectivity index (χ4n) is 2.37.